The van der Waals surface area contributed by atoms with Gasteiger partial charge in [-0.05, 0) is 6.92 Å². The minimum atomic E-state index is 0.0295. The van der Waals surface area contributed by atoms with Crippen LogP contribution in [0.1, 0.15) is 13.3 Å². The number of carbonyl (C=O) groups is 1. The summed E-state index contributed by atoms with van der Waals surface area (Å²) in [7, 11) is 3.32. The summed E-state index contributed by atoms with van der Waals surface area (Å²) >= 11 is 0. The summed E-state index contributed by atoms with van der Waals surface area (Å²) in [6.45, 7) is 5.74. The van der Waals surface area contributed by atoms with Gasteiger partial charge in [-0.25, -0.2) is 0 Å². The third kappa shape index (κ3) is 7.60. The fourth-order valence-electron chi connectivity index (χ4n) is 1.74. The molecule has 0 aliphatic carbocycles. The molecule has 1 atom stereocenters. The summed E-state index contributed by atoms with van der Waals surface area (Å²) in [5.41, 5.74) is 5.76. The van der Waals surface area contributed by atoms with Crippen LogP contribution in [0.2, 0.25) is 0 Å². The van der Waals surface area contributed by atoms with E-state index in [-0.39, 0.29) is 11.9 Å². The summed E-state index contributed by atoms with van der Waals surface area (Å²) in [5.74, 6) is 0.0350. The van der Waals surface area contributed by atoms with Gasteiger partial charge in [0.05, 0.1) is 13.2 Å². The first-order valence-electron chi connectivity index (χ1n) is 6.38. The molecule has 6 nitrogen and oxygen atoms in total. The van der Waals surface area contributed by atoms with Gasteiger partial charge in [-0.3, -0.25) is 9.69 Å². The van der Waals surface area contributed by atoms with Gasteiger partial charge in [0, 0.05) is 52.9 Å². The number of nitrogens with one attached hydrogen (secondary N) is 1. The van der Waals surface area contributed by atoms with Gasteiger partial charge in [0.2, 0.25) is 5.91 Å². The van der Waals surface area contributed by atoms with E-state index < -0.39 is 0 Å². The normalized spacial score (nSPS) is 12.7. The molecular weight excluding hydrogens is 234 g/mol. The average Bonchev–Trinajstić information content (AvgIpc) is 2.37. The van der Waals surface area contributed by atoms with Gasteiger partial charge in [-0.2, -0.15) is 0 Å². The standard InChI is InChI=1S/C12H27N3O3/c1-4-14-12(16)9-11(10-13)15(5-7-17-2)6-8-18-3/h11H,4-10,13H2,1-3H3,(H,14,16). The van der Waals surface area contributed by atoms with E-state index in [2.05, 4.69) is 10.2 Å². The van der Waals surface area contributed by atoms with Crippen molar-refractivity contribution in [2.45, 2.75) is 19.4 Å². The van der Waals surface area contributed by atoms with Crippen molar-refractivity contribution in [1.82, 2.24) is 10.2 Å². The van der Waals surface area contributed by atoms with E-state index in [9.17, 15) is 4.79 Å². The van der Waals surface area contributed by atoms with Gasteiger partial charge in [0.1, 0.15) is 0 Å². The van der Waals surface area contributed by atoms with Gasteiger partial charge in [0.25, 0.3) is 0 Å². The number of ether oxygens (including phenoxy) is 2. The molecule has 0 rings (SSSR count). The highest BCUT2D eigenvalue weighted by Crippen LogP contribution is 2.03. The lowest BCUT2D eigenvalue weighted by molar-refractivity contribution is -0.122. The van der Waals surface area contributed by atoms with E-state index in [1.54, 1.807) is 14.2 Å². The average molecular weight is 261 g/mol. The quantitative estimate of drug-likeness (QED) is 0.521. The summed E-state index contributed by atoms with van der Waals surface area (Å²) in [6.07, 6.45) is 0.414. The van der Waals surface area contributed by atoms with Crippen molar-refractivity contribution in [3.63, 3.8) is 0 Å². The van der Waals surface area contributed by atoms with Crippen molar-refractivity contribution in [1.29, 1.82) is 0 Å². The van der Waals surface area contributed by atoms with Crippen molar-refractivity contribution in [2.75, 3.05) is 53.6 Å². The van der Waals surface area contributed by atoms with Crippen LogP contribution in [0.25, 0.3) is 0 Å². The lowest BCUT2D eigenvalue weighted by atomic mass is 10.1. The van der Waals surface area contributed by atoms with Crippen molar-refractivity contribution >= 4 is 5.91 Å². The molecule has 0 spiro atoms. The monoisotopic (exact) mass is 261 g/mol. The topological polar surface area (TPSA) is 76.8 Å². The molecule has 0 saturated heterocycles. The van der Waals surface area contributed by atoms with Crippen molar-refractivity contribution in [3.8, 4) is 0 Å². The minimum Gasteiger partial charge on any atom is -0.383 e. The van der Waals surface area contributed by atoms with Crippen molar-refractivity contribution in [2.24, 2.45) is 5.73 Å². The molecule has 18 heavy (non-hydrogen) atoms. The maximum atomic E-state index is 11.6. The predicted octanol–water partition coefficient (Wildman–Crippen LogP) is -0.565. The number of methoxy groups -OCH3 is 2. The molecule has 0 aromatic heterocycles. The maximum absolute atomic E-state index is 11.6. The third-order valence-corrected chi connectivity index (χ3v) is 2.75. The second kappa shape index (κ2) is 11.4. The summed E-state index contributed by atoms with van der Waals surface area (Å²) in [4.78, 5) is 13.7. The van der Waals surface area contributed by atoms with Crippen LogP contribution < -0.4 is 11.1 Å². The Morgan fingerprint density at radius 1 is 1.28 bits per heavy atom. The van der Waals surface area contributed by atoms with E-state index in [1.807, 2.05) is 6.92 Å². The number of hydrogen-bond acceptors (Lipinski definition) is 5. The molecule has 1 amide bonds. The minimum absolute atomic E-state index is 0.0295. The number of nitrogens with two attached hydrogens (primary N) is 1. The smallest absolute Gasteiger partial charge is 0.221 e. The number of nitrogens with zero attached hydrogens (tertiary/aromatic N) is 1. The molecule has 0 saturated carbocycles. The largest absolute Gasteiger partial charge is 0.383 e. The Balaban J connectivity index is 4.32. The van der Waals surface area contributed by atoms with Crippen LogP contribution in [0.5, 0.6) is 0 Å². The zero-order valence-corrected chi connectivity index (χ0v) is 11.8. The number of hydrogen-bond donors (Lipinski definition) is 2. The zero-order valence-electron chi connectivity index (χ0n) is 11.8. The molecule has 6 heteroatoms. The molecule has 0 aromatic carbocycles. The van der Waals surface area contributed by atoms with Crippen molar-refractivity contribution < 1.29 is 14.3 Å². The Hall–Kier alpha value is -0.690. The van der Waals surface area contributed by atoms with Crippen LogP contribution in [0.3, 0.4) is 0 Å². The maximum Gasteiger partial charge on any atom is 0.221 e. The first-order chi connectivity index (χ1) is 8.69. The summed E-state index contributed by atoms with van der Waals surface area (Å²) in [6, 6.07) is 0.0295. The second-order valence-electron chi connectivity index (χ2n) is 4.07. The fraction of sp³-hybridized carbons (Fsp3) is 0.917. The Morgan fingerprint density at radius 2 is 1.83 bits per heavy atom. The van der Waals surface area contributed by atoms with Crippen LogP contribution in [0.4, 0.5) is 0 Å². The van der Waals surface area contributed by atoms with E-state index in [4.69, 9.17) is 15.2 Å². The van der Waals surface area contributed by atoms with Crippen LogP contribution in [0.15, 0.2) is 0 Å². The van der Waals surface area contributed by atoms with Gasteiger partial charge in [-0.15, -0.1) is 0 Å². The first kappa shape index (κ1) is 17.3. The van der Waals surface area contributed by atoms with Crippen LogP contribution in [-0.2, 0) is 14.3 Å². The van der Waals surface area contributed by atoms with Gasteiger partial charge < -0.3 is 20.5 Å². The molecule has 0 radical (unpaired) electrons. The second-order valence-corrected chi connectivity index (χ2v) is 4.07. The summed E-state index contributed by atoms with van der Waals surface area (Å²) < 4.78 is 10.2. The highest BCUT2D eigenvalue weighted by atomic mass is 16.5. The summed E-state index contributed by atoms with van der Waals surface area (Å²) in [5, 5.41) is 2.79. The van der Waals surface area contributed by atoms with Crippen molar-refractivity contribution in [3.05, 3.63) is 0 Å². The Morgan fingerprint density at radius 3 is 2.22 bits per heavy atom. The van der Waals surface area contributed by atoms with Crippen LogP contribution in [0, 0.1) is 0 Å². The molecule has 3 N–H and O–H groups in total. The molecule has 0 aliphatic rings. The molecule has 0 aromatic rings. The Bertz CT molecular complexity index is 207. The molecule has 1 unspecified atom stereocenters. The third-order valence-electron chi connectivity index (χ3n) is 2.75. The van der Waals surface area contributed by atoms with Gasteiger partial charge >= 0.3 is 0 Å². The van der Waals surface area contributed by atoms with E-state index in [0.29, 0.717) is 32.7 Å². The SMILES string of the molecule is CCNC(=O)CC(CN)N(CCOC)CCOC. The predicted molar refractivity (Wildman–Crippen MR) is 71.5 cm³/mol. The molecular formula is C12H27N3O3. The van der Waals surface area contributed by atoms with E-state index in [1.165, 1.54) is 0 Å². The molecule has 0 heterocycles. The number of carbonyl (C=O) groups excluding carboxylic acids is 1. The fourth-order valence-corrected chi connectivity index (χ4v) is 1.74. The number of rotatable bonds is 11. The van der Waals surface area contributed by atoms with Gasteiger partial charge in [0.15, 0.2) is 0 Å². The molecule has 0 aliphatic heterocycles. The highest BCUT2D eigenvalue weighted by molar-refractivity contribution is 5.76. The van der Waals surface area contributed by atoms with Gasteiger partial charge in [-0.1, -0.05) is 0 Å². The first-order valence-corrected chi connectivity index (χ1v) is 6.38. The highest BCUT2D eigenvalue weighted by Gasteiger charge is 2.19. The molecule has 0 bridgehead atoms. The Kier molecular flexibility index (Phi) is 11.0. The lowest BCUT2D eigenvalue weighted by Gasteiger charge is -2.30. The number of amides is 1. The van der Waals surface area contributed by atoms with Crippen LogP contribution >= 0.6 is 0 Å². The lowest BCUT2D eigenvalue weighted by Crippen LogP contribution is -2.46. The molecule has 108 valence electrons. The van der Waals surface area contributed by atoms with E-state index in [0.717, 1.165) is 13.1 Å². The molecule has 0 fully saturated rings. The zero-order chi connectivity index (χ0) is 13.8. The van der Waals surface area contributed by atoms with Crippen LogP contribution in [-0.4, -0.2) is 70.5 Å². The van der Waals surface area contributed by atoms with E-state index >= 15 is 0 Å². The Labute approximate surface area is 110 Å².